The molecule has 1 rings (SSSR count). The van der Waals surface area contributed by atoms with Crippen LogP contribution in [0.1, 0.15) is 5.69 Å². The monoisotopic (exact) mass is 126 g/mol. The highest BCUT2D eigenvalue weighted by molar-refractivity contribution is 5.12. The molecule has 0 radical (unpaired) electrons. The zero-order valence-corrected chi connectivity index (χ0v) is 4.74. The number of nitrogens with zero attached hydrogens (tertiary/aromatic N) is 2. The summed E-state index contributed by atoms with van der Waals surface area (Å²) in [6, 6.07) is 0. The van der Waals surface area contributed by atoms with E-state index in [1.54, 1.807) is 6.08 Å². The molecule has 0 aliphatic heterocycles. The predicted octanol–water partition coefficient (Wildman–Crippen LogP) is 0.504. The SMILES string of the molecule is C=CCc1nnoc1O. The lowest BCUT2D eigenvalue weighted by Gasteiger charge is -1.81. The smallest absolute Gasteiger partial charge is 0.333 e. The Bertz CT molecular complexity index is 206. The van der Waals surface area contributed by atoms with E-state index in [1.165, 1.54) is 0 Å². The lowest BCUT2D eigenvalue weighted by atomic mass is 10.3. The minimum atomic E-state index is -0.227. The summed E-state index contributed by atoms with van der Waals surface area (Å²) in [7, 11) is 0. The van der Waals surface area contributed by atoms with Crippen molar-refractivity contribution < 1.29 is 9.63 Å². The summed E-state index contributed by atoms with van der Waals surface area (Å²) in [6.07, 6.45) is 2.09. The summed E-state index contributed by atoms with van der Waals surface area (Å²) < 4.78 is 4.26. The first-order chi connectivity index (χ1) is 4.34. The molecule has 0 aromatic carbocycles. The van der Waals surface area contributed by atoms with Crippen LogP contribution in [-0.4, -0.2) is 15.5 Å². The second-order valence-corrected chi connectivity index (χ2v) is 1.52. The maximum absolute atomic E-state index is 8.74. The number of aromatic hydroxyl groups is 1. The quantitative estimate of drug-likeness (QED) is 0.586. The molecule has 0 saturated carbocycles. The number of hydrogen-bond acceptors (Lipinski definition) is 4. The van der Waals surface area contributed by atoms with Crippen molar-refractivity contribution in [2.24, 2.45) is 0 Å². The third-order valence-corrected chi connectivity index (χ3v) is 0.873. The Hall–Kier alpha value is -1.32. The topological polar surface area (TPSA) is 59.2 Å². The molecule has 1 aromatic rings. The molecule has 1 N–H and O–H groups in total. The van der Waals surface area contributed by atoms with Gasteiger partial charge in [0, 0.05) is 11.7 Å². The van der Waals surface area contributed by atoms with Gasteiger partial charge in [-0.2, -0.15) is 0 Å². The van der Waals surface area contributed by atoms with E-state index in [2.05, 4.69) is 21.5 Å². The molecule has 0 fully saturated rings. The van der Waals surface area contributed by atoms with E-state index in [-0.39, 0.29) is 5.95 Å². The van der Waals surface area contributed by atoms with E-state index >= 15 is 0 Å². The lowest BCUT2D eigenvalue weighted by Crippen LogP contribution is -1.79. The highest BCUT2D eigenvalue weighted by Gasteiger charge is 2.03. The van der Waals surface area contributed by atoms with Crippen LogP contribution in [-0.2, 0) is 6.42 Å². The molecule has 48 valence electrons. The van der Waals surface area contributed by atoms with Crippen molar-refractivity contribution in [2.45, 2.75) is 6.42 Å². The molecule has 9 heavy (non-hydrogen) atoms. The standard InChI is InChI=1S/C5H6N2O2/c1-2-3-4-5(8)9-7-6-4/h2,8H,1,3H2. The molecule has 4 heteroatoms. The molecule has 0 saturated heterocycles. The van der Waals surface area contributed by atoms with Gasteiger partial charge in [-0.05, 0) is 0 Å². The van der Waals surface area contributed by atoms with Gasteiger partial charge in [-0.1, -0.05) is 6.08 Å². The van der Waals surface area contributed by atoms with E-state index in [0.717, 1.165) is 0 Å². The molecule has 1 aromatic heterocycles. The normalized spacial score (nSPS) is 9.33. The van der Waals surface area contributed by atoms with Crippen molar-refractivity contribution in [1.29, 1.82) is 0 Å². The van der Waals surface area contributed by atoms with Crippen molar-refractivity contribution in [2.75, 3.05) is 0 Å². The van der Waals surface area contributed by atoms with E-state index < -0.39 is 0 Å². The fraction of sp³-hybridized carbons (Fsp3) is 0.200. The first kappa shape index (κ1) is 5.81. The first-order valence-corrected chi connectivity index (χ1v) is 2.45. The minimum absolute atomic E-state index is 0.227. The molecule has 4 nitrogen and oxygen atoms in total. The molecule has 0 atom stereocenters. The van der Waals surface area contributed by atoms with Crippen LogP contribution in [0.2, 0.25) is 0 Å². The maximum Gasteiger partial charge on any atom is 0.333 e. The Morgan fingerprint density at radius 1 is 1.78 bits per heavy atom. The molecule has 0 bridgehead atoms. The van der Waals surface area contributed by atoms with Gasteiger partial charge in [-0.25, -0.2) is 0 Å². The summed E-state index contributed by atoms with van der Waals surface area (Å²) in [5.74, 6) is -0.227. The fourth-order valence-corrected chi connectivity index (χ4v) is 0.469. The van der Waals surface area contributed by atoms with Crippen LogP contribution in [0.4, 0.5) is 0 Å². The van der Waals surface area contributed by atoms with E-state index in [1.807, 2.05) is 0 Å². The zero-order valence-electron chi connectivity index (χ0n) is 4.74. The third kappa shape index (κ3) is 1.07. The van der Waals surface area contributed by atoms with Gasteiger partial charge >= 0.3 is 5.95 Å². The lowest BCUT2D eigenvalue weighted by molar-refractivity contribution is 0.269. The van der Waals surface area contributed by atoms with Crippen LogP contribution in [0.3, 0.4) is 0 Å². The van der Waals surface area contributed by atoms with Gasteiger partial charge in [-0.15, -0.1) is 11.7 Å². The molecular weight excluding hydrogens is 120 g/mol. The summed E-state index contributed by atoms with van der Waals surface area (Å²) >= 11 is 0. The van der Waals surface area contributed by atoms with Gasteiger partial charge in [0.25, 0.3) is 0 Å². The Balaban J connectivity index is 2.80. The van der Waals surface area contributed by atoms with Gasteiger partial charge in [0.15, 0.2) is 5.69 Å². The first-order valence-electron chi connectivity index (χ1n) is 2.45. The van der Waals surface area contributed by atoms with E-state index in [0.29, 0.717) is 12.1 Å². The van der Waals surface area contributed by atoms with Gasteiger partial charge < -0.3 is 5.11 Å². The van der Waals surface area contributed by atoms with Crippen molar-refractivity contribution in [3.05, 3.63) is 18.3 Å². The van der Waals surface area contributed by atoms with Gasteiger partial charge in [0.05, 0.1) is 0 Å². The highest BCUT2D eigenvalue weighted by Crippen LogP contribution is 2.11. The Morgan fingerprint density at radius 3 is 3.00 bits per heavy atom. The highest BCUT2D eigenvalue weighted by atomic mass is 16.6. The van der Waals surface area contributed by atoms with Crippen molar-refractivity contribution >= 4 is 0 Å². The van der Waals surface area contributed by atoms with Gasteiger partial charge in [-0.3, -0.25) is 4.52 Å². The van der Waals surface area contributed by atoms with Crippen molar-refractivity contribution in [3.8, 4) is 5.95 Å². The Kier molecular flexibility index (Phi) is 1.48. The zero-order chi connectivity index (χ0) is 6.69. The van der Waals surface area contributed by atoms with E-state index in [9.17, 15) is 0 Å². The molecule has 0 spiro atoms. The van der Waals surface area contributed by atoms with Gasteiger partial charge in [0.1, 0.15) is 0 Å². The van der Waals surface area contributed by atoms with Crippen LogP contribution in [0.5, 0.6) is 5.95 Å². The number of rotatable bonds is 2. The predicted molar refractivity (Wildman–Crippen MR) is 29.9 cm³/mol. The number of hydrogen-bond donors (Lipinski definition) is 1. The average Bonchev–Trinajstić information content (AvgIpc) is 2.18. The molecule has 0 amide bonds. The fourth-order valence-electron chi connectivity index (χ4n) is 0.469. The van der Waals surface area contributed by atoms with Crippen LogP contribution in [0.15, 0.2) is 17.2 Å². The molecular formula is C5H6N2O2. The minimum Gasteiger partial charge on any atom is -0.478 e. The van der Waals surface area contributed by atoms with Crippen LogP contribution < -0.4 is 0 Å². The molecule has 1 heterocycles. The Morgan fingerprint density at radius 2 is 2.56 bits per heavy atom. The second-order valence-electron chi connectivity index (χ2n) is 1.52. The average molecular weight is 126 g/mol. The summed E-state index contributed by atoms with van der Waals surface area (Å²) in [5.41, 5.74) is 0.421. The largest absolute Gasteiger partial charge is 0.478 e. The number of aromatic nitrogens is 2. The summed E-state index contributed by atoms with van der Waals surface area (Å²) in [5, 5.41) is 15.3. The van der Waals surface area contributed by atoms with Gasteiger partial charge in [0.2, 0.25) is 0 Å². The van der Waals surface area contributed by atoms with Crippen LogP contribution >= 0.6 is 0 Å². The summed E-state index contributed by atoms with van der Waals surface area (Å²) in [6.45, 7) is 3.46. The Labute approximate surface area is 51.8 Å². The van der Waals surface area contributed by atoms with Crippen LogP contribution in [0, 0.1) is 0 Å². The molecule has 0 unspecified atom stereocenters. The maximum atomic E-state index is 8.74. The number of allylic oxidation sites excluding steroid dienone is 1. The van der Waals surface area contributed by atoms with Crippen molar-refractivity contribution in [3.63, 3.8) is 0 Å². The van der Waals surface area contributed by atoms with Crippen molar-refractivity contribution in [1.82, 2.24) is 10.4 Å². The third-order valence-electron chi connectivity index (χ3n) is 0.873. The summed E-state index contributed by atoms with van der Waals surface area (Å²) in [4.78, 5) is 0. The van der Waals surface area contributed by atoms with E-state index in [4.69, 9.17) is 5.11 Å². The van der Waals surface area contributed by atoms with Crippen LogP contribution in [0.25, 0.3) is 0 Å². The molecule has 0 aliphatic carbocycles. The second kappa shape index (κ2) is 2.30. The molecule has 0 aliphatic rings.